The minimum absolute atomic E-state index is 0.314. The third-order valence-electron chi connectivity index (χ3n) is 5.84. The zero-order chi connectivity index (χ0) is 20.9. The largest absolute Gasteiger partial charge is 0.493 e. The number of nitrogens with one attached hydrogen (secondary N) is 1. The summed E-state index contributed by atoms with van der Waals surface area (Å²) in [5.41, 5.74) is 8.31. The summed E-state index contributed by atoms with van der Waals surface area (Å²) in [4.78, 5) is 12.2. The number of aromatic amines is 1. The SMILES string of the molecule is COc1ccc(Cc2nc(C3CCC(N)CC3)n(CCc3cnc[nH]3)n2)cc1OC. The number of hydrogen-bond acceptors (Lipinski definition) is 6. The van der Waals surface area contributed by atoms with Crippen LogP contribution in [0.3, 0.4) is 0 Å². The van der Waals surface area contributed by atoms with Crippen molar-refractivity contribution in [2.45, 2.75) is 57.0 Å². The molecule has 0 spiro atoms. The molecule has 8 heteroatoms. The van der Waals surface area contributed by atoms with Crippen LogP contribution < -0.4 is 15.2 Å². The molecule has 0 radical (unpaired) electrons. The Labute approximate surface area is 176 Å². The van der Waals surface area contributed by atoms with Crippen molar-refractivity contribution < 1.29 is 9.47 Å². The molecule has 0 unspecified atom stereocenters. The van der Waals surface area contributed by atoms with Crippen molar-refractivity contribution in [2.24, 2.45) is 5.73 Å². The predicted molar refractivity (Wildman–Crippen MR) is 114 cm³/mol. The summed E-state index contributed by atoms with van der Waals surface area (Å²) < 4.78 is 12.9. The summed E-state index contributed by atoms with van der Waals surface area (Å²) in [7, 11) is 3.29. The maximum Gasteiger partial charge on any atom is 0.161 e. The van der Waals surface area contributed by atoms with Crippen LogP contribution in [0.15, 0.2) is 30.7 Å². The topological polar surface area (TPSA) is 104 Å². The monoisotopic (exact) mass is 410 g/mol. The zero-order valence-electron chi connectivity index (χ0n) is 17.7. The number of methoxy groups -OCH3 is 2. The maximum absolute atomic E-state index is 6.12. The molecular weight excluding hydrogens is 380 g/mol. The smallest absolute Gasteiger partial charge is 0.161 e. The molecule has 1 aliphatic carbocycles. The van der Waals surface area contributed by atoms with Gasteiger partial charge in [0.15, 0.2) is 17.3 Å². The zero-order valence-corrected chi connectivity index (χ0v) is 17.7. The van der Waals surface area contributed by atoms with Gasteiger partial charge < -0.3 is 20.2 Å². The van der Waals surface area contributed by atoms with Crippen molar-refractivity contribution in [3.05, 3.63) is 53.6 Å². The number of ether oxygens (including phenoxy) is 2. The molecule has 3 aromatic rings. The number of H-pyrrole nitrogens is 1. The third-order valence-corrected chi connectivity index (χ3v) is 5.84. The first-order chi connectivity index (χ1) is 14.7. The highest BCUT2D eigenvalue weighted by Crippen LogP contribution is 2.32. The van der Waals surface area contributed by atoms with Crippen LogP contribution in [0.25, 0.3) is 0 Å². The summed E-state index contributed by atoms with van der Waals surface area (Å²) in [6, 6.07) is 6.26. The van der Waals surface area contributed by atoms with E-state index < -0.39 is 0 Å². The Morgan fingerprint density at radius 1 is 1.13 bits per heavy atom. The molecule has 160 valence electrons. The Balaban J connectivity index is 1.56. The fourth-order valence-corrected chi connectivity index (χ4v) is 4.14. The summed E-state index contributed by atoms with van der Waals surface area (Å²) in [5.74, 6) is 3.76. The van der Waals surface area contributed by atoms with Gasteiger partial charge in [0.2, 0.25) is 0 Å². The maximum atomic E-state index is 6.12. The van der Waals surface area contributed by atoms with Gasteiger partial charge in [0.05, 0.1) is 20.5 Å². The lowest BCUT2D eigenvalue weighted by Gasteiger charge is -2.25. The van der Waals surface area contributed by atoms with E-state index in [4.69, 9.17) is 25.3 Å². The lowest BCUT2D eigenvalue weighted by atomic mass is 9.86. The van der Waals surface area contributed by atoms with Crippen LogP contribution in [0.1, 0.15) is 54.5 Å². The Kier molecular flexibility index (Phi) is 6.32. The van der Waals surface area contributed by atoms with Crippen LogP contribution >= 0.6 is 0 Å². The van der Waals surface area contributed by atoms with Crippen molar-refractivity contribution in [3.63, 3.8) is 0 Å². The van der Waals surface area contributed by atoms with E-state index in [2.05, 4.69) is 14.6 Å². The van der Waals surface area contributed by atoms with Gasteiger partial charge in [0, 0.05) is 43.2 Å². The van der Waals surface area contributed by atoms with E-state index in [1.807, 2.05) is 24.4 Å². The molecule has 0 atom stereocenters. The molecule has 1 fully saturated rings. The number of benzene rings is 1. The van der Waals surface area contributed by atoms with Crippen molar-refractivity contribution in [2.75, 3.05) is 14.2 Å². The Morgan fingerprint density at radius 2 is 1.93 bits per heavy atom. The average molecular weight is 411 g/mol. The van der Waals surface area contributed by atoms with E-state index in [0.717, 1.165) is 73.1 Å². The second kappa shape index (κ2) is 9.30. The Hall–Kier alpha value is -2.87. The lowest BCUT2D eigenvalue weighted by Crippen LogP contribution is -2.27. The van der Waals surface area contributed by atoms with Crippen LogP contribution in [0.5, 0.6) is 11.5 Å². The van der Waals surface area contributed by atoms with E-state index in [1.54, 1.807) is 20.5 Å². The molecule has 8 nitrogen and oxygen atoms in total. The third kappa shape index (κ3) is 4.64. The van der Waals surface area contributed by atoms with Crippen LogP contribution in [0.2, 0.25) is 0 Å². The molecule has 1 aromatic carbocycles. The first-order valence-corrected chi connectivity index (χ1v) is 10.5. The van der Waals surface area contributed by atoms with Crippen molar-refractivity contribution in [1.82, 2.24) is 24.7 Å². The number of nitrogens with zero attached hydrogens (tertiary/aromatic N) is 4. The normalized spacial score (nSPS) is 19.0. The molecule has 3 N–H and O–H groups in total. The van der Waals surface area contributed by atoms with Crippen molar-refractivity contribution in [1.29, 1.82) is 0 Å². The van der Waals surface area contributed by atoms with Crippen molar-refractivity contribution >= 4 is 0 Å². The summed E-state index contributed by atoms with van der Waals surface area (Å²) >= 11 is 0. The van der Waals surface area contributed by atoms with Gasteiger partial charge in [-0.1, -0.05) is 6.07 Å². The van der Waals surface area contributed by atoms with Gasteiger partial charge in [0.25, 0.3) is 0 Å². The minimum atomic E-state index is 0.314. The number of imidazole rings is 1. The molecule has 0 bridgehead atoms. The number of hydrogen-bond donors (Lipinski definition) is 2. The first-order valence-electron chi connectivity index (χ1n) is 10.5. The molecule has 1 saturated carbocycles. The standard InChI is InChI=1S/C22H30N6O2/c1-29-19-8-3-15(11-20(19)30-2)12-21-26-22(16-4-6-17(23)7-5-16)28(27-21)10-9-18-13-24-14-25-18/h3,8,11,13-14,16-17H,4-7,9-10,12,23H2,1-2H3,(H,24,25). The Morgan fingerprint density at radius 3 is 2.63 bits per heavy atom. The van der Waals surface area contributed by atoms with Gasteiger partial charge in [-0.25, -0.2) is 14.6 Å². The van der Waals surface area contributed by atoms with Crippen LogP contribution in [0.4, 0.5) is 0 Å². The van der Waals surface area contributed by atoms with Gasteiger partial charge in [-0.3, -0.25) is 0 Å². The van der Waals surface area contributed by atoms with E-state index in [9.17, 15) is 0 Å². The fraction of sp³-hybridized carbons (Fsp3) is 0.500. The molecule has 0 saturated heterocycles. The van der Waals surface area contributed by atoms with E-state index in [1.165, 1.54) is 0 Å². The quantitative estimate of drug-likeness (QED) is 0.592. The summed E-state index contributed by atoms with van der Waals surface area (Å²) in [6.07, 6.45) is 9.30. The van der Waals surface area contributed by atoms with Crippen LogP contribution in [0, 0.1) is 0 Å². The van der Waals surface area contributed by atoms with Crippen LogP contribution in [-0.2, 0) is 19.4 Å². The van der Waals surface area contributed by atoms with Gasteiger partial charge >= 0.3 is 0 Å². The molecule has 30 heavy (non-hydrogen) atoms. The summed E-state index contributed by atoms with van der Waals surface area (Å²) in [6.45, 7) is 0.777. The van der Waals surface area contributed by atoms with Gasteiger partial charge in [-0.05, 0) is 43.4 Å². The molecule has 0 aliphatic heterocycles. The molecule has 1 aliphatic rings. The molecule has 2 heterocycles. The second-order valence-corrected chi connectivity index (χ2v) is 7.91. The minimum Gasteiger partial charge on any atom is -0.493 e. The molecule has 2 aromatic heterocycles. The van der Waals surface area contributed by atoms with Crippen molar-refractivity contribution in [3.8, 4) is 11.5 Å². The molecule has 0 amide bonds. The molecule has 4 rings (SSSR count). The Bertz CT molecular complexity index is 945. The van der Waals surface area contributed by atoms with Gasteiger partial charge in [-0.2, -0.15) is 5.10 Å². The lowest BCUT2D eigenvalue weighted by molar-refractivity contribution is 0.354. The van der Waals surface area contributed by atoms with E-state index >= 15 is 0 Å². The first kappa shape index (κ1) is 20.4. The number of rotatable bonds is 8. The molecular formula is C22H30N6O2. The summed E-state index contributed by atoms with van der Waals surface area (Å²) in [5, 5.41) is 4.87. The number of aromatic nitrogens is 5. The fourth-order valence-electron chi connectivity index (χ4n) is 4.14. The average Bonchev–Trinajstić information content (AvgIpc) is 3.42. The van der Waals surface area contributed by atoms with E-state index in [0.29, 0.717) is 18.4 Å². The van der Waals surface area contributed by atoms with Gasteiger partial charge in [0.1, 0.15) is 5.82 Å². The highest BCUT2D eigenvalue weighted by molar-refractivity contribution is 5.43. The number of aryl methyl sites for hydroxylation is 2. The second-order valence-electron chi connectivity index (χ2n) is 7.91. The van der Waals surface area contributed by atoms with Gasteiger partial charge in [-0.15, -0.1) is 0 Å². The van der Waals surface area contributed by atoms with Crippen LogP contribution in [-0.4, -0.2) is 45.0 Å². The predicted octanol–water partition coefficient (Wildman–Crippen LogP) is 2.84. The van der Waals surface area contributed by atoms with E-state index in [-0.39, 0.29) is 0 Å². The highest BCUT2D eigenvalue weighted by atomic mass is 16.5. The number of nitrogens with two attached hydrogens (primary N) is 1. The highest BCUT2D eigenvalue weighted by Gasteiger charge is 2.25.